The van der Waals surface area contributed by atoms with Crippen LogP contribution in [-0.4, -0.2) is 52.0 Å². The van der Waals surface area contributed by atoms with Crippen LogP contribution >= 0.6 is 0 Å². The molecule has 102 valence electrons. The summed E-state index contributed by atoms with van der Waals surface area (Å²) in [6.07, 6.45) is -0.701. The molecule has 0 radical (unpaired) electrons. The fourth-order valence-electron chi connectivity index (χ4n) is 1.47. The van der Waals surface area contributed by atoms with Crippen molar-refractivity contribution in [1.29, 1.82) is 0 Å². The van der Waals surface area contributed by atoms with Gasteiger partial charge in [-0.25, -0.2) is 9.69 Å². The van der Waals surface area contributed by atoms with E-state index in [0.717, 1.165) is 16.7 Å². The molecule has 2 rings (SSSR count). The Balaban J connectivity index is 2.36. The Morgan fingerprint density at radius 1 is 1.63 bits per heavy atom. The highest BCUT2D eigenvalue weighted by Gasteiger charge is 2.34. The van der Waals surface area contributed by atoms with Gasteiger partial charge in [-0.15, -0.1) is 4.68 Å². The Morgan fingerprint density at radius 3 is 2.89 bits per heavy atom. The van der Waals surface area contributed by atoms with Crippen LogP contribution in [0.3, 0.4) is 0 Å². The number of cyclic esters (lactones) is 1. The molecule has 19 heavy (non-hydrogen) atoms. The molecule has 2 heterocycles. The first-order valence-electron chi connectivity index (χ1n) is 5.13. The zero-order valence-corrected chi connectivity index (χ0v) is 9.81. The lowest BCUT2D eigenvalue weighted by Crippen LogP contribution is -2.28. The first kappa shape index (κ1) is 12.7. The molecule has 1 aromatic rings. The Labute approximate surface area is 105 Å². The molecular weight excluding hydrogens is 262 g/mol. The van der Waals surface area contributed by atoms with Gasteiger partial charge in [-0.3, -0.25) is 4.79 Å². The van der Waals surface area contributed by atoms with Gasteiger partial charge < -0.3 is 19.6 Å². The van der Waals surface area contributed by atoms with Crippen LogP contribution in [-0.2, 0) is 20.8 Å². The Bertz CT molecular complexity index is 540. The highest BCUT2D eigenvalue weighted by Crippen LogP contribution is 2.19. The van der Waals surface area contributed by atoms with Crippen molar-refractivity contribution in [2.75, 3.05) is 25.2 Å². The first-order chi connectivity index (χ1) is 9.02. The molecule has 0 N–H and O–H groups in total. The number of aromatic nitrogens is 3. The number of amides is 1. The Hall–Kier alpha value is -2.72. The summed E-state index contributed by atoms with van der Waals surface area (Å²) in [4.78, 5) is 37.1. The number of hydrogen-bond donors (Lipinski definition) is 0. The van der Waals surface area contributed by atoms with Crippen LogP contribution < -0.4 is 4.90 Å². The van der Waals surface area contributed by atoms with E-state index in [0.29, 0.717) is 0 Å². The maximum atomic E-state index is 11.4. The van der Waals surface area contributed by atoms with Crippen LogP contribution in [0.2, 0.25) is 0 Å². The molecule has 0 atom stereocenters. The minimum Gasteiger partial charge on any atom is -0.468 e. The molecule has 1 aromatic heterocycles. The van der Waals surface area contributed by atoms with Gasteiger partial charge in [0.05, 0.1) is 13.7 Å². The van der Waals surface area contributed by atoms with E-state index in [1.165, 1.54) is 0 Å². The summed E-state index contributed by atoms with van der Waals surface area (Å²) >= 11 is 0. The molecule has 0 saturated carbocycles. The van der Waals surface area contributed by atoms with Crippen molar-refractivity contribution in [1.82, 2.24) is 14.8 Å². The molecule has 1 saturated heterocycles. The van der Waals surface area contributed by atoms with Crippen LogP contribution in [0.15, 0.2) is 0 Å². The second kappa shape index (κ2) is 4.88. The number of carbonyl (C=O) groups is 2. The van der Waals surface area contributed by atoms with Gasteiger partial charge in [-0.2, -0.15) is 0 Å². The minimum atomic E-state index is -0.821. The molecular formula is C8H9N5O6. The maximum absolute atomic E-state index is 11.4. The highest BCUT2D eigenvalue weighted by atomic mass is 16.6. The van der Waals surface area contributed by atoms with Crippen LogP contribution in [0.4, 0.5) is 16.7 Å². The third-order valence-corrected chi connectivity index (χ3v) is 2.31. The number of ether oxygens (including phenoxy) is 2. The molecule has 1 fully saturated rings. The van der Waals surface area contributed by atoms with E-state index >= 15 is 0 Å². The van der Waals surface area contributed by atoms with Crippen LogP contribution in [0, 0.1) is 10.1 Å². The molecule has 0 unspecified atom stereocenters. The summed E-state index contributed by atoms with van der Waals surface area (Å²) in [5.74, 6) is -1.51. The number of rotatable bonds is 4. The number of nitro groups is 1. The van der Waals surface area contributed by atoms with Crippen molar-refractivity contribution in [3.8, 4) is 0 Å². The van der Waals surface area contributed by atoms with E-state index in [1.807, 2.05) is 0 Å². The average molecular weight is 271 g/mol. The van der Waals surface area contributed by atoms with Gasteiger partial charge in [0.2, 0.25) is 0 Å². The largest absolute Gasteiger partial charge is 0.493 e. The normalized spacial score (nSPS) is 14.4. The number of hydrogen-bond acceptors (Lipinski definition) is 8. The Kier molecular flexibility index (Phi) is 3.27. The van der Waals surface area contributed by atoms with E-state index in [-0.39, 0.29) is 19.1 Å². The fraction of sp³-hybridized carbons (Fsp3) is 0.500. The van der Waals surface area contributed by atoms with E-state index in [2.05, 4.69) is 14.8 Å². The number of anilines is 1. The second-order valence-corrected chi connectivity index (χ2v) is 3.47. The van der Waals surface area contributed by atoms with Crippen LogP contribution in [0.1, 0.15) is 0 Å². The van der Waals surface area contributed by atoms with Crippen molar-refractivity contribution in [2.24, 2.45) is 0 Å². The standard InChI is InChI=1S/C8H9N5O6/c1-18-5(14)4-12-7(9-6(10-12)13(16)17)11-2-3-19-8(11)15/h2-4H2,1H3. The molecule has 0 bridgehead atoms. The number of nitrogens with zero attached hydrogens (tertiary/aromatic N) is 5. The quantitative estimate of drug-likeness (QED) is 0.400. The molecule has 0 aliphatic carbocycles. The average Bonchev–Trinajstić information content (AvgIpc) is 2.95. The third kappa shape index (κ3) is 2.43. The number of carbonyl (C=O) groups excluding carboxylic acids is 2. The van der Waals surface area contributed by atoms with Crippen molar-refractivity contribution in [3.63, 3.8) is 0 Å². The second-order valence-electron chi connectivity index (χ2n) is 3.47. The molecule has 0 spiro atoms. The van der Waals surface area contributed by atoms with Crippen molar-refractivity contribution >= 4 is 24.0 Å². The number of methoxy groups -OCH3 is 1. The van der Waals surface area contributed by atoms with Gasteiger partial charge in [0.25, 0.3) is 0 Å². The van der Waals surface area contributed by atoms with Gasteiger partial charge >= 0.3 is 24.0 Å². The first-order valence-corrected chi connectivity index (χ1v) is 5.13. The van der Waals surface area contributed by atoms with Gasteiger partial charge in [-0.1, -0.05) is 0 Å². The summed E-state index contributed by atoms with van der Waals surface area (Å²) < 4.78 is 10.1. The van der Waals surface area contributed by atoms with Gasteiger partial charge in [0.15, 0.2) is 6.54 Å². The topological polar surface area (TPSA) is 130 Å². The zero-order chi connectivity index (χ0) is 14.0. The van der Waals surface area contributed by atoms with Crippen LogP contribution in [0.25, 0.3) is 0 Å². The molecule has 1 aliphatic rings. The molecule has 1 aliphatic heterocycles. The van der Waals surface area contributed by atoms with E-state index in [9.17, 15) is 19.7 Å². The summed E-state index contributed by atoms with van der Waals surface area (Å²) in [5, 5.41) is 14.2. The lowest BCUT2D eigenvalue weighted by Gasteiger charge is -2.07. The SMILES string of the molecule is COC(=O)Cn1nc([N+](=O)[O-])nc1N1CCOC1=O. The minimum absolute atomic E-state index is 0.125. The van der Waals surface area contributed by atoms with Gasteiger partial charge in [0.1, 0.15) is 6.61 Å². The maximum Gasteiger partial charge on any atom is 0.493 e. The van der Waals surface area contributed by atoms with Crippen molar-refractivity contribution in [3.05, 3.63) is 10.1 Å². The van der Waals surface area contributed by atoms with Gasteiger partial charge in [0, 0.05) is 5.10 Å². The van der Waals surface area contributed by atoms with Crippen molar-refractivity contribution in [2.45, 2.75) is 6.54 Å². The summed E-state index contributed by atoms with van der Waals surface area (Å²) in [5.41, 5.74) is 0. The molecule has 11 nitrogen and oxygen atoms in total. The smallest absolute Gasteiger partial charge is 0.468 e. The molecule has 11 heteroatoms. The van der Waals surface area contributed by atoms with Crippen molar-refractivity contribution < 1.29 is 24.0 Å². The van der Waals surface area contributed by atoms with Crippen LogP contribution in [0.5, 0.6) is 0 Å². The van der Waals surface area contributed by atoms with E-state index < -0.39 is 29.5 Å². The summed E-state index contributed by atoms with van der Waals surface area (Å²) in [7, 11) is 1.16. The fourth-order valence-corrected chi connectivity index (χ4v) is 1.47. The van der Waals surface area contributed by atoms with Gasteiger partial charge in [-0.05, 0) is 9.91 Å². The predicted molar refractivity (Wildman–Crippen MR) is 57.4 cm³/mol. The summed E-state index contributed by atoms with van der Waals surface area (Å²) in [6.45, 7) is -0.0793. The lowest BCUT2D eigenvalue weighted by atomic mass is 10.6. The lowest BCUT2D eigenvalue weighted by molar-refractivity contribution is -0.394. The molecule has 0 aromatic carbocycles. The van der Waals surface area contributed by atoms with E-state index in [4.69, 9.17) is 4.74 Å². The number of esters is 1. The highest BCUT2D eigenvalue weighted by molar-refractivity contribution is 5.87. The third-order valence-electron chi connectivity index (χ3n) is 2.31. The Morgan fingerprint density at radius 2 is 2.37 bits per heavy atom. The molecule has 1 amide bonds. The summed E-state index contributed by atoms with van der Waals surface area (Å²) in [6, 6.07) is 0. The van der Waals surface area contributed by atoms with E-state index in [1.54, 1.807) is 0 Å². The predicted octanol–water partition coefficient (Wildman–Crippen LogP) is -0.684. The monoisotopic (exact) mass is 271 g/mol. The zero-order valence-electron chi connectivity index (χ0n) is 9.81.